The fraction of sp³-hybridized carbons (Fsp3) is 0.889. The summed E-state index contributed by atoms with van der Waals surface area (Å²) in [5.41, 5.74) is 0. The topological polar surface area (TPSA) is 79.2 Å². The summed E-state index contributed by atoms with van der Waals surface area (Å²) in [6.07, 6.45) is 11.0. The van der Waals surface area contributed by atoms with Crippen LogP contribution in [0.25, 0.3) is 0 Å². The average molecular weight is 330 g/mol. The van der Waals surface area contributed by atoms with E-state index >= 15 is 0 Å². The molecule has 0 aromatic carbocycles. The van der Waals surface area contributed by atoms with Crippen molar-refractivity contribution in [3.63, 3.8) is 0 Å². The van der Waals surface area contributed by atoms with Gasteiger partial charge in [-0.3, -0.25) is 0 Å². The van der Waals surface area contributed by atoms with Gasteiger partial charge in [-0.2, -0.15) is 0 Å². The maximum atomic E-state index is 9.82. The SMILES string of the molecule is C/C=C/CCCCCCCCCO[C@@H]1[C@H]([C@@H](O)CO)OC[C@H]1O. The van der Waals surface area contributed by atoms with Gasteiger partial charge < -0.3 is 24.8 Å². The molecule has 0 saturated carbocycles. The van der Waals surface area contributed by atoms with Crippen molar-refractivity contribution in [2.24, 2.45) is 0 Å². The van der Waals surface area contributed by atoms with Gasteiger partial charge in [0.2, 0.25) is 0 Å². The summed E-state index contributed by atoms with van der Waals surface area (Å²) in [4.78, 5) is 0. The Morgan fingerprint density at radius 3 is 2.43 bits per heavy atom. The molecule has 1 saturated heterocycles. The van der Waals surface area contributed by atoms with Crippen LogP contribution in [0.4, 0.5) is 0 Å². The third kappa shape index (κ3) is 8.27. The van der Waals surface area contributed by atoms with Gasteiger partial charge in [0.1, 0.15) is 24.4 Å². The van der Waals surface area contributed by atoms with Crippen LogP contribution < -0.4 is 0 Å². The summed E-state index contributed by atoms with van der Waals surface area (Å²) in [5, 5.41) is 28.5. The first kappa shape index (κ1) is 20.6. The van der Waals surface area contributed by atoms with Crippen LogP contribution in [0.5, 0.6) is 0 Å². The molecule has 0 amide bonds. The number of allylic oxidation sites excluding steroid dienone is 2. The van der Waals surface area contributed by atoms with Gasteiger partial charge in [-0.15, -0.1) is 0 Å². The first-order valence-electron chi connectivity index (χ1n) is 9.02. The highest BCUT2D eigenvalue weighted by molar-refractivity contribution is 4.89. The van der Waals surface area contributed by atoms with Crippen molar-refractivity contribution >= 4 is 0 Å². The molecule has 3 N–H and O–H groups in total. The number of aliphatic hydroxyl groups excluding tert-OH is 3. The molecule has 0 spiro atoms. The molecule has 0 bridgehead atoms. The van der Waals surface area contributed by atoms with Crippen molar-refractivity contribution in [1.29, 1.82) is 0 Å². The molecule has 1 heterocycles. The Labute approximate surface area is 140 Å². The summed E-state index contributed by atoms with van der Waals surface area (Å²) in [6, 6.07) is 0. The second kappa shape index (κ2) is 12.9. The van der Waals surface area contributed by atoms with E-state index in [4.69, 9.17) is 14.6 Å². The Bertz CT molecular complexity index is 308. The molecule has 23 heavy (non-hydrogen) atoms. The van der Waals surface area contributed by atoms with Gasteiger partial charge >= 0.3 is 0 Å². The zero-order chi connectivity index (χ0) is 16.9. The van der Waals surface area contributed by atoms with Gasteiger partial charge in [0.05, 0.1) is 13.2 Å². The van der Waals surface area contributed by atoms with Crippen LogP contribution in [-0.4, -0.2) is 59.6 Å². The van der Waals surface area contributed by atoms with Crippen LogP contribution in [0, 0.1) is 0 Å². The number of hydrogen-bond donors (Lipinski definition) is 3. The van der Waals surface area contributed by atoms with Crippen molar-refractivity contribution in [2.45, 2.75) is 82.7 Å². The van der Waals surface area contributed by atoms with E-state index in [1.54, 1.807) is 0 Å². The lowest BCUT2D eigenvalue weighted by Crippen LogP contribution is -2.42. The number of unbranched alkanes of at least 4 members (excludes halogenated alkanes) is 7. The molecule has 1 aliphatic heterocycles. The summed E-state index contributed by atoms with van der Waals surface area (Å²) in [7, 11) is 0. The minimum absolute atomic E-state index is 0.152. The molecule has 136 valence electrons. The maximum Gasteiger partial charge on any atom is 0.114 e. The van der Waals surface area contributed by atoms with E-state index < -0.39 is 24.4 Å². The third-order valence-electron chi connectivity index (χ3n) is 4.29. The number of hydrogen-bond acceptors (Lipinski definition) is 5. The highest BCUT2D eigenvalue weighted by atomic mass is 16.6. The van der Waals surface area contributed by atoms with E-state index in [0.717, 1.165) is 12.8 Å². The maximum absolute atomic E-state index is 9.82. The standard InChI is InChI=1S/C18H34O5/c1-2-3-4-5-6-7-8-9-10-11-12-22-18-16(21)14-23-17(18)15(20)13-19/h2-3,15-21H,4-14H2,1H3/b3-2+/t15-,16+,17-,18-/m0/s1. The Balaban J connectivity index is 1.99. The van der Waals surface area contributed by atoms with Crippen molar-refractivity contribution in [1.82, 2.24) is 0 Å². The molecule has 0 aromatic rings. The van der Waals surface area contributed by atoms with Crippen LogP contribution in [0.1, 0.15) is 58.3 Å². The monoisotopic (exact) mass is 330 g/mol. The van der Waals surface area contributed by atoms with Crippen molar-refractivity contribution < 1.29 is 24.8 Å². The number of rotatable bonds is 13. The molecule has 4 atom stereocenters. The molecule has 5 heteroatoms. The van der Waals surface area contributed by atoms with Gasteiger partial charge in [-0.05, 0) is 26.2 Å². The minimum atomic E-state index is -1.00. The summed E-state index contributed by atoms with van der Waals surface area (Å²) >= 11 is 0. The molecule has 0 aromatic heterocycles. The summed E-state index contributed by atoms with van der Waals surface area (Å²) in [5.74, 6) is 0. The molecule has 0 unspecified atom stereocenters. The van der Waals surface area contributed by atoms with Crippen LogP contribution in [0.2, 0.25) is 0 Å². The number of aliphatic hydroxyl groups is 3. The zero-order valence-corrected chi connectivity index (χ0v) is 14.4. The third-order valence-corrected chi connectivity index (χ3v) is 4.29. The fourth-order valence-electron chi connectivity index (χ4n) is 2.89. The largest absolute Gasteiger partial charge is 0.394 e. The molecule has 0 radical (unpaired) electrons. The molecule has 5 nitrogen and oxygen atoms in total. The van der Waals surface area contributed by atoms with Crippen LogP contribution in [0.15, 0.2) is 12.2 Å². The van der Waals surface area contributed by atoms with Crippen LogP contribution in [-0.2, 0) is 9.47 Å². The molecular weight excluding hydrogens is 296 g/mol. The smallest absolute Gasteiger partial charge is 0.114 e. The first-order valence-corrected chi connectivity index (χ1v) is 9.02. The number of ether oxygens (including phenoxy) is 2. The van der Waals surface area contributed by atoms with Crippen molar-refractivity contribution in [3.8, 4) is 0 Å². The second-order valence-corrected chi connectivity index (χ2v) is 6.28. The fourth-order valence-corrected chi connectivity index (χ4v) is 2.89. The van der Waals surface area contributed by atoms with E-state index in [1.165, 1.54) is 38.5 Å². The predicted molar refractivity (Wildman–Crippen MR) is 90.3 cm³/mol. The average Bonchev–Trinajstić information content (AvgIpc) is 2.93. The second-order valence-electron chi connectivity index (χ2n) is 6.28. The van der Waals surface area contributed by atoms with Gasteiger partial charge in [0.25, 0.3) is 0 Å². The predicted octanol–water partition coefficient (Wildman–Crippen LogP) is 2.18. The van der Waals surface area contributed by atoms with E-state index in [1.807, 2.05) is 0 Å². The quantitative estimate of drug-likeness (QED) is 0.356. The van der Waals surface area contributed by atoms with Crippen LogP contribution in [0.3, 0.4) is 0 Å². The van der Waals surface area contributed by atoms with Crippen molar-refractivity contribution in [3.05, 3.63) is 12.2 Å². The highest BCUT2D eigenvalue weighted by Gasteiger charge is 2.40. The Hall–Kier alpha value is -0.460. The molecular formula is C18H34O5. The van der Waals surface area contributed by atoms with Gasteiger partial charge in [0.15, 0.2) is 0 Å². The van der Waals surface area contributed by atoms with E-state index in [0.29, 0.717) is 6.61 Å². The highest BCUT2D eigenvalue weighted by Crippen LogP contribution is 2.21. The lowest BCUT2D eigenvalue weighted by Gasteiger charge is -2.23. The van der Waals surface area contributed by atoms with E-state index in [2.05, 4.69) is 19.1 Å². The molecule has 1 fully saturated rings. The Morgan fingerprint density at radius 2 is 1.78 bits per heavy atom. The molecule has 1 aliphatic rings. The lowest BCUT2D eigenvalue weighted by atomic mass is 10.1. The van der Waals surface area contributed by atoms with E-state index in [-0.39, 0.29) is 13.2 Å². The van der Waals surface area contributed by atoms with Crippen LogP contribution >= 0.6 is 0 Å². The summed E-state index contributed by atoms with van der Waals surface area (Å²) in [6.45, 7) is 2.39. The normalized spacial score (nSPS) is 26.2. The minimum Gasteiger partial charge on any atom is -0.394 e. The lowest BCUT2D eigenvalue weighted by molar-refractivity contribution is -0.0938. The molecule has 0 aliphatic carbocycles. The van der Waals surface area contributed by atoms with Crippen molar-refractivity contribution in [2.75, 3.05) is 19.8 Å². The summed E-state index contributed by atoms with van der Waals surface area (Å²) < 4.78 is 11.0. The Kier molecular flexibility index (Phi) is 11.5. The van der Waals surface area contributed by atoms with E-state index in [9.17, 15) is 10.2 Å². The molecule has 1 rings (SSSR count). The van der Waals surface area contributed by atoms with Gasteiger partial charge in [-0.25, -0.2) is 0 Å². The van der Waals surface area contributed by atoms with Gasteiger partial charge in [-0.1, -0.05) is 44.3 Å². The first-order chi connectivity index (χ1) is 11.2. The van der Waals surface area contributed by atoms with Gasteiger partial charge in [0, 0.05) is 6.61 Å². The Morgan fingerprint density at radius 1 is 1.13 bits per heavy atom. The zero-order valence-electron chi connectivity index (χ0n) is 14.4.